The summed E-state index contributed by atoms with van der Waals surface area (Å²) >= 11 is 0. The highest BCUT2D eigenvalue weighted by Crippen LogP contribution is 2.30. The molecule has 0 aliphatic heterocycles. The first-order valence-corrected chi connectivity index (χ1v) is 6.31. The minimum atomic E-state index is -0.917. The highest BCUT2D eigenvalue weighted by molar-refractivity contribution is 4.88. The van der Waals surface area contributed by atoms with E-state index in [1.165, 1.54) is 19.3 Å². The van der Waals surface area contributed by atoms with Crippen molar-refractivity contribution in [3.8, 4) is 0 Å². The van der Waals surface area contributed by atoms with Crippen molar-refractivity contribution >= 4 is 0 Å². The first-order valence-electron chi connectivity index (χ1n) is 6.31. The van der Waals surface area contributed by atoms with Crippen molar-refractivity contribution in [2.45, 2.75) is 65.4 Å². The molecule has 96 valence electrons. The van der Waals surface area contributed by atoms with Gasteiger partial charge >= 0.3 is 0 Å². The van der Waals surface area contributed by atoms with Crippen molar-refractivity contribution < 1.29 is 10.2 Å². The molecule has 1 aliphatic rings. The lowest BCUT2D eigenvalue weighted by Crippen LogP contribution is -2.34. The van der Waals surface area contributed by atoms with Gasteiger partial charge in [0.15, 0.2) is 0 Å². The second-order valence-corrected chi connectivity index (χ2v) is 5.75. The van der Waals surface area contributed by atoms with E-state index in [-0.39, 0.29) is 12.0 Å². The Labute approximate surface area is 100 Å². The van der Waals surface area contributed by atoms with E-state index in [0.717, 1.165) is 6.42 Å². The molecular formula is C14H28O2. The van der Waals surface area contributed by atoms with Crippen LogP contribution in [-0.2, 0) is 0 Å². The maximum atomic E-state index is 9.54. The number of aliphatic hydroxyl groups is 2. The van der Waals surface area contributed by atoms with E-state index in [2.05, 4.69) is 32.9 Å². The predicted octanol–water partition coefficient (Wildman–Crippen LogP) is 3.28. The van der Waals surface area contributed by atoms with Crippen LogP contribution in [0.4, 0.5) is 0 Å². The lowest BCUT2D eigenvalue weighted by Gasteiger charge is -2.31. The predicted molar refractivity (Wildman–Crippen MR) is 69.4 cm³/mol. The summed E-state index contributed by atoms with van der Waals surface area (Å²) in [7, 11) is 0. The molecule has 0 bridgehead atoms. The van der Waals surface area contributed by atoms with E-state index < -0.39 is 5.60 Å². The van der Waals surface area contributed by atoms with Crippen molar-refractivity contribution in [3.63, 3.8) is 0 Å². The maximum absolute atomic E-state index is 9.54. The van der Waals surface area contributed by atoms with Gasteiger partial charge in [-0.05, 0) is 38.0 Å². The molecule has 2 nitrogen and oxygen atoms in total. The Hall–Kier alpha value is -0.340. The summed E-state index contributed by atoms with van der Waals surface area (Å²) in [5.74, 6) is 0. The molecule has 0 aromatic rings. The minimum absolute atomic E-state index is 0.117. The molecule has 1 aliphatic carbocycles. The first kappa shape index (κ1) is 15.7. The zero-order valence-corrected chi connectivity index (χ0v) is 11.3. The monoisotopic (exact) mass is 228 g/mol. The van der Waals surface area contributed by atoms with E-state index in [4.69, 9.17) is 5.11 Å². The number of rotatable bonds is 4. The smallest absolute Gasteiger partial charge is 0.0854 e. The number of aliphatic hydroxyl groups excluding tert-OH is 1. The highest BCUT2D eigenvalue weighted by Gasteiger charge is 2.28. The van der Waals surface area contributed by atoms with Crippen LogP contribution in [0.3, 0.4) is 0 Å². The molecule has 0 amide bonds. The Kier molecular flexibility index (Phi) is 6.93. The van der Waals surface area contributed by atoms with Gasteiger partial charge in [0.1, 0.15) is 0 Å². The van der Waals surface area contributed by atoms with E-state index in [0.29, 0.717) is 6.42 Å². The summed E-state index contributed by atoms with van der Waals surface area (Å²) in [5, 5.41) is 18.3. The second-order valence-electron chi connectivity index (χ2n) is 5.75. The van der Waals surface area contributed by atoms with Crippen molar-refractivity contribution in [1.82, 2.24) is 0 Å². The molecule has 0 aromatic carbocycles. The minimum Gasteiger partial charge on any atom is -0.393 e. The van der Waals surface area contributed by atoms with Crippen LogP contribution in [0.2, 0.25) is 0 Å². The molecule has 2 N–H and O–H groups in total. The fourth-order valence-electron chi connectivity index (χ4n) is 1.80. The number of allylic oxidation sites excluding steroid dienone is 2. The fourth-order valence-corrected chi connectivity index (χ4v) is 1.80. The Morgan fingerprint density at radius 1 is 1.12 bits per heavy atom. The maximum Gasteiger partial charge on any atom is 0.0854 e. The zero-order valence-electron chi connectivity index (χ0n) is 11.3. The van der Waals surface area contributed by atoms with Gasteiger partial charge < -0.3 is 10.2 Å². The van der Waals surface area contributed by atoms with Gasteiger partial charge in [0.25, 0.3) is 0 Å². The SMILES string of the molecule is C1=CCCC1.CCC(C)(C)CC(C)(O)CO. The first-order chi connectivity index (χ1) is 7.33. The van der Waals surface area contributed by atoms with Crippen molar-refractivity contribution in [3.05, 3.63) is 12.2 Å². The Morgan fingerprint density at radius 3 is 1.88 bits per heavy atom. The average Bonchev–Trinajstić information content (AvgIpc) is 2.74. The molecule has 0 aromatic heterocycles. The van der Waals surface area contributed by atoms with Crippen molar-refractivity contribution in [1.29, 1.82) is 0 Å². The van der Waals surface area contributed by atoms with Gasteiger partial charge in [-0.15, -0.1) is 0 Å². The van der Waals surface area contributed by atoms with Crippen LogP contribution < -0.4 is 0 Å². The zero-order chi connectivity index (χ0) is 12.7. The molecule has 0 saturated heterocycles. The third kappa shape index (κ3) is 7.89. The van der Waals surface area contributed by atoms with Gasteiger partial charge in [-0.3, -0.25) is 0 Å². The van der Waals surface area contributed by atoms with Crippen LogP contribution in [0.1, 0.15) is 59.8 Å². The Bertz CT molecular complexity index is 185. The molecular weight excluding hydrogens is 200 g/mol. The van der Waals surface area contributed by atoms with Crippen molar-refractivity contribution in [2.75, 3.05) is 6.61 Å². The Balaban J connectivity index is 0.000000368. The quantitative estimate of drug-likeness (QED) is 0.725. The van der Waals surface area contributed by atoms with Gasteiger partial charge in [0, 0.05) is 0 Å². The van der Waals surface area contributed by atoms with Crippen molar-refractivity contribution in [2.24, 2.45) is 5.41 Å². The normalized spacial score (nSPS) is 18.9. The summed E-state index contributed by atoms with van der Waals surface area (Å²) < 4.78 is 0. The van der Waals surface area contributed by atoms with Gasteiger partial charge in [-0.2, -0.15) is 0 Å². The van der Waals surface area contributed by atoms with Gasteiger partial charge in [-0.25, -0.2) is 0 Å². The number of hydrogen-bond acceptors (Lipinski definition) is 2. The van der Waals surface area contributed by atoms with E-state index in [9.17, 15) is 5.11 Å². The lowest BCUT2D eigenvalue weighted by molar-refractivity contribution is -0.0319. The van der Waals surface area contributed by atoms with E-state index in [1.54, 1.807) is 6.92 Å². The summed E-state index contributed by atoms with van der Waals surface area (Å²) in [6.45, 7) is 7.79. The lowest BCUT2D eigenvalue weighted by atomic mass is 9.79. The van der Waals surface area contributed by atoms with Gasteiger partial charge in [0.05, 0.1) is 12.2 Å². The third-order valence-corrected chi connectivity index (χ3v) is 3.07. The van der Waals surface area contributed by atoms with Crippen LogP contribution in [0.5, 0.6) is 0 Å². The molecule has 16 heavy (non-hydrogen) atoms. The summed E-state index contributed by atoms with van der Waals surface area (Å²) in [6.07, 6.45) is 10.2. The molecule has 0 spiro atoms. The molecule has 0 fully saturated rings. The standard InChI is InChI=1S/C9H20O2.C5H8/c1-5-8(2,3)6-9(4,11)7-10;1-2-4-5-3-1/h10-11H,5-7H2,1-4H3;1-2H,3-5H2. The largest absolute Gasteiger partial charge is 0.393 e. The number of hydrogen-bond donors (Lipinski definition) is 2. The summed E-state index contributed by atoms with van der Waals surface area (Å²) in [4.78, 5) is 0. The van der Waals surface area contributed by atoms with Crippen LogP contribution in [0, 0.1) is 5.41 Å². The summed E-state index contributed by atoms with van der Waals surface area (Å²) in [5.41, 5.74) is -0.800. The van der Waals surface area contributed by atoms with Crippen LogP contribution in [0.25, 0.3) is 0 Å². The van der Waals surface area contributed by atoms with Gasteiger partial charge in [0.2, 0.25) is 0 Å². The van der Waals surface area contributed by atoms with E-state index in [1.807, 2.05) is 0 Å². The molecule has 1 atom stereocenters. The van der Waals surface area contributed by atoms with Gasteiger partial charge in [-0.1, -0.05) is 39.3 Å². The van der Waals surface area contributed by atoms with Crippen LogP contribution >= 0.6 is 0 Å². The summed E-state index contributed by atoms with van der Waals surface area (Å²) in [6, 6.07) is 0. The molecule has 0 radical (unpaired) electrons. The third-order valence-electron chi connectivity index (χ3n) is 3.07. The second kappa shape index (κ2) is 7.08. The topological polar surface area (TPSA) is 40.5 Å². The van der Waals surface area contributed by atoms with E-state index >= 15 is 0 Å². The van der Waals surface area contributed by atoms with Crippen LogP contribution in [0.15, 0.2) is 12.2 Å². The highest BCUT2D eigenvalue weighted by atomic mass is 16.3. The molecule has 1 rings (SSSR count). The molecule has 1 unspecified atom stereocenters. The Morgan fingerprint density at radius 2 is 1.62 bits per heavy atom. The molecule has 2 heteroatoms. The fraction of sp³-hybridized carbons (Fsp3) is 0.857. The average molecular weight is 228 g/mol. The molecule has 0 saturated carbocycles. The molecule has 0 heterocycles. The van der Waals surface area contributed by atoms with Crippen LogP contribution in [-0.4, -0.2) is 22.4 Å².